The fourth-order valence-corrected chi connectivity index (χ4v) is 3.60. The van der Waals surface area contributed by atoms with Gasteiger partial charge in [0.2, 0.25) is 5.91 Å². The van der Waals surface area contributed by atoms with Gasteiger partial charge >= 0.3 is 0 Å². The number of nitrogens with zero attached hydrogens (tertiary/aromatic N) is 1. The zero-order valence-electron chi connectivity index (χ0n) is 14.1. The summed E-state index contributed by atoms with van der Waals surface area (Å²) in [6, 6.07) is -0.000324. The Labute approximate surface area is 129 Å². The van der Waals surface area contributed by atoms with Crippen molar-refractivity contribution in [1.29, 1.82) is 0 Å². The van der Waals surface area contributed by atoms with Gasteiger partial charge in [-0.3, -0.25) is 10.1 Å². The van der Waals surface area contributed by atoms with Crippen LogP contribution in [0.5, 0.6) is 0 Å². The van der Waals surface area contributed by atoms with Gasteiger partial charge < -0.3 is 9.64 Å². The van der Waals surface area contributed by atoms with Gasteiger partial charge in [0.1, 0.15) is 0 Å². The van der Waals surface area contributed by atoms with Crippen molar-refractivity contribution in [2.45, 2.75) is 78.1 Å². The van der Waals surface area contributed by atoms with Crippen LogP contribution in [-0.2, 0) is 9.53 Å². The number of hydrogen-bond acceptors (Lipinski definition) is 3. The lowest BCUT2D eigenvalue weighted by Crippen LogP contribution is -2.44. The van der Waals surface area contributed by atoms with E-state index in [1.807, 2.05) is 13.8 Å². The summed E-state index contributed by atoms with van der Waals surface area (Å²) in [6.07, 6.45) is 6.61. The molecule has 2 aliphatic rings. The van der Waals surface area contributed by atoms with Gasteiger partial charge in [-0.25, -0.2) is 0 Å². The van der Waals surface area contributed by atoms with Crippen LogP contribution in [0.25, 0.3) is 0 Å². The topological polar surface area (TPSA) is 41.6 Å². The van der Waals surface area contributed by atoms with Crippen LogP contribution in [0.3, 0.4) is 0 Å². The predicted molar refractivity (Wildman–Crippen MR) is 84.9 cm³/mol. The Kier molecular flexibility index (Phi) is 6.06. The van der Waals surface area contributed by atoms with Crippen molar-refractivity contribution >= 4 is 5.91 Å². The number of hydrogen-bond donors (Lipinski definition) is 1. The fraction of sp³-hybridized carbons (Fsp3) is 0.941. The highest BCUT2D eigenvalue weighted by Crippen LogP contribution is 2.33. The molecular formula is C17H32N2O2. The van der Waals surface area contributed by atoms with E-state index in [2.05, 4.69) is 24.1 Å². The van der Waals surface area contributed by atoms with E-state index in [4.69, 9.17) is 4.74 Å². The SMILES string of the molecule is CCC(C)C1NC(C2CCCC2)N(CCOC(C)C)C1=O. The van der Waals surface area contributed by atoms with Crippen molar-refractivity contribution in [3.05, 3.63) is 0 Å². The average Bonchev–Trinajstić information content (AvgIpc) is 3.07. The van der Waals surface area contributed by atoms with Crippen molar-refractivity contribution in [2.75, 3.05) is 13.2 Å². The highest BCUT2D eigenvalue weighted by Gasteiger charge is 2.44. The first kappa shape index (κ1) is 16.8. The number of nitrogens with one attached hydrogen (secondary N) is 1. The van der Waals surface area contributed by atoms with Crippen LogP contribution in [0.1, 0.15) is 59.8 Å². The van der Waals surface area contributed by atoms with Gasteiger partial charge in [0, 0.05) is 6.54 Å². The Morgan fingerprint density at radius 2 is 1.95 bits per heavy atom. The molecule has 1 N–H and O–H groups in total. The molecule has 0 spiro atoms. The molecule has 0 aromatic heterocycles. The van der Waals surface area contributed by atoms with E-state index in [1.54, 1.807) is 0 Å². The van der Waals surface area contributed by atoms with Gasteiger partial charge in [-0.15, -0.1) is 0 Å². The molecule has 1 saturated heterocycles. The lowest BCUT2D eigenvalue weighted by Gasteiger charge is -2.29. The second kappa shape index (κ2) is 7.59. The molecule has 1 amide bonds. The first-order valence-corrected chi connectivity index (χ1v) is 8.72. The Hall–Kier alpha value is -0.610. The summed E-state index contributed by atoms with van der Waals surface area (Å²) in [4.78, 5) is 14.8. The molecule has 2 rings (SSSR count). The van der Waals surface area contributed by atoms with Crippen LogP contribution in [0.15, 0.2) is 0 Å². The van der Waals surface area contributed by atoms with Crippen LogP contribution in [0.2, 0.25) is 0 Å². The van der Waals surface area contributed by atoms with E-state index in [0.29, 0.717) is 18.4 Å². The predicted octanol–water partition coefficient (Wildman–Crippen LogP) is 2.77. The molecule has 0 bridgehead atoms. The van der Waals surface area contributed by atoms with Crippen LogP contribution >= 0.6 is 0 Å². The molecule has 1 saturated carbocycles. The monoisotopic (exact) mass is 296 g/mol. The number of ether oxygens (including phenoxy) is 1. The summed E-state index contributed by atoms with van der Waals surface area (Å²) < 4.78 is 5.66. The summed E-state index contributed by atoms with van der Waals surface area (Å²) in [5, 5.41) is 3.64. The third-order valence-electron chi connectivity index (χ3n) is 5.08. The summed E-state index contributed by atoms with van der Waals surface area (Å²) in [6.45, 7) is 9.78. The third kappa shape index (κ3) is 3.98. The summed E-state index contributed by atoms with van der Waals surface area (Å²) >= 11 is 0. The lowest BCUT2D eigenvalue weighted by molar-refractivity contribution is -0.132. The maximum absolute atomic E-state index is 12.8. The Morgan fingerprint density at radius 3 is 2.52 bits per heavy atom. The fourth-order valence-electron chi connectivity index (χ4n) is 3.60. The molecule has 4 nitrogen and oxygen atoms in total. The minimum absolute atomic E-state index is 0.000324. The van der Waals surface area contributed by atoms with Gasteiger partial charge in [-0.05, 0) is 38.5 Å². The molecule has 4 heteroatoms. The second-order valence-corrected chi connectivity index (χ2v) is 6.97. The van der Waals surface area contributed by atoms with E-state index < -0.39 is 0 Å². The quantitative estimate of drug-likeness (QED) is 0.785. The van der Waals surface area contributed by atoms with E-state index in [-0.39, 0.29) is 24.2 Å². The summed E-state index contributed by atoms with van der Waals surface area (Å²) in [5.41, 5.74) is 0. The molecular weight excluding hydrogens is 264 g/mol. The van der Waals surface area contributed by atoms with Gasteiger partial charge in [0.25, 0.3) is 0 Å². The Balaban J connectivity index is 2.02. The highest BCUT2D eigenvalue weighted by molar-refractivity contribution is 5.84. The normalized spacial score (nSPS) is 28.8. The van der Waals surface area contributed by atoms with Crippen molar-refractivity contribution < 1.29 is 9.53 Å². The molecule has 0 aromatic rings. The molecule has 122 valence electrons. The molecule has 0 radical (unpaired) electrons. The molecule has 1 heterocycles. The van der Waals surface area contributed by atoms with Crippen LogP contribution in [0, 0.1) is 11.8 Å². The minimum Gasteiger partial charge on any atom is -0.377 e. The third-order valence-corrected chi connectivity index (χ3v) is 5.08. The Bertz CT molecular complexity index is 340. The van der Waals surface area contributed by atoms with Gasteiger partial charge in [-0.2, -0.15) is 0 Å². The largest absolute Gasteiger partial charge is 0.377 e. The molecule has 21 heavy (non-hydrogen) atoms. The van der Waals surface area contributed by atoms with E-state index in [0.717, 1.165) is 13.0 Å². The highest BCUT2D eigenvalue weighted by atomic mass is 16.5. The summed E-state index contributed by atoms with van der Waals surface area (Å²) in [5.74, 6) is 1.31. The van der Waals surface area contributed by atoms with Gasteiger partial charge in [0.05, 0.1) is 24.9 Å². The number of amides is 1. The minimum atomic E-state index is -0.000324. The molecule has 1 aliphatic carbocycles. The number of carbonyl (C=O) groups is 1. The first-order chi connectivity index (χ1) is 10.0. The van der Waals surface area contributed by atoms with E-state index in [9.17, 15) is 4.79 Å². The summed E-state index contributed by atoms with van der Waals surface area (Å²) in [7, 11) is 0. The molecule has 3 unspecified atom stereocenters. The number of carbonyl (C=O) groups excluding carboxylic acids is 1. The van der Waals surface area contributed by atoms with Crippen molar-refractivity contribution in [3.8, 4) is 0 Å². The Morgan fingerprint density at radius 1 is 1.29 bits per heavy atom. The van der Waals surface area contributed by atoms with Crippen LogP contribution in [-0.4, -0.2) is 42.3 Å². The zero-order chi connectivity index (χ0) is 15.4. The molecule has 0 aromatic carbocycles. The molecule has 3 atom stereocenters. The second-order valence-electron chi connectivity index (χ2n) is 6.97. The molecule has 2 fully saturated rings. The van der Waals surface area contributed by atoms with Crippen molar-refractivity contribution in [3.63, 3.8) is 0 Å². The van der Waals surface area contributed by atoms with Crippen LogP contribution < -0.4 is 5.32 Å². The lowest BCUT2D eigenvalue weighted by atomic mass is 9.99. The van der Waals surface area contributed by atoms with Crippen molar-refractivity contribution in [1.82, 2.24) is 10.2 Å². The van der Waals surface area contributed by atoms with E-state index in [1.165, 1.54) is 25.7 Å². The maximum Gasteiger partial charge on any atom is 0.241 e. The van der Waals surface area contributed by atoms with Crippen molar-refractivity contribution in [2.24, 2.45) is 11.8 Å². The first-order valence-electron chi connectivity index (χ1n) is 8.72. The average molecular weight is 296 g/mol. The number of rotatable bonds is 7. The molecule has 1 aliphatic heterocycles. The van der Waals surface area contributed by atoms with E-state index >= 15 is 0 Å². The van der Waals surface area contributed by atoms with Gasteiger partial charge in [0.15, 0.2) is 0 Å². The van der Waals surface area contributed by atoms with Crippen LogP contribution in [0.4, 0.5) is 0 Å². The maximum atomic E-state index is 12.8. The smallest absolute Gasteiger partial charge is 0.241 e. The zero-order valence-corrected chi connectivity index (χ0v) is 14.1. The standard InChI is InChI=1S/C17H32N2O2/c1-5-13(4)15-17(20)19(10-11-21-12(2)3)16(18-15)14-8-6-7-9-14/h12-16,18H,5-11H2,1-4H3. The van der Waals surface area contributed by atoms with Gasteiger partial charge in [-0.1, -0.05) is 33.1 Å².